The van der Waals surface area contributed by atoms with Gasteiger partial charge in [-0.05, 0) is 31.7 Å². The molecule has 1 unspecified atom stereocenters. The Morgan fingerprint density at radius 3 is 2.14 bits per heavy atom. The summed E-state index contributed by atoms with van der Waals surface area (Å²) in [5, 5.41) is 7.12. The second kappa shape index (κ2) is 11.4. The van der Waals surface area contributed by atoms with Crippen LogP contribution in [0, 0.1) is 17.8 Å². The molecule has 0 radical (unpaired) electrons. The second-order valence-corrected chi connectivity index (χ2v) is 10.4. The Kier molecular flexibility index (Phi) is 8.89. The number of rotatable bonds is 5. The number of methoxy groups -OCH3 is 1. The van der Waals surface area contributed by atoms with E-state index < -0.39 is 12.1 Å². The summed E-state index contributed by atoms with van der Waals surface area (Å²) in [5.74, 6) is -2.25. The van der Waals surface area contributed by atoms with Crippen molar-refractivity contribution >= 4 is 17.8 Å². The van der Waals surface area contributed by atoms with E-state index in [9.17, 15) is 22.8 Å². The lowest BCUT2D eigenvalue weighted by Gasteiger charge is -2.47. The van der Waals surface area contributed by atoms with E-state index in [2.05, 4.69) is 24.0 Å². The molecule has 3 fully saturated rings. The van der Waals surface area contributed by atoms with Crippen molar-refractivity contribution in [1.29, 1.82) is 0 Å². The molecule has 1 aromatic rings. The molecule has 4 rings (SSSR count). The first-order valence-corrected chi connectivity index (χ1v) is 12.4. The van der Waals surface area contributed by atoms with Gasteiger partial charge in [0, 0.05) is 58.8 Å². The highest BCUT2D eigenvalue weighted by Gasteiger charge is 2.64. The zero-order valence-electron chi connectivity index (χ0n) is 21.6. The van der Waals surface area contributed by atoms with Crippen molar-refractivity contribution in [2.24, 2.45) is 10.8 Å². The fourth-order valence-corrected chi connectivity index (χ4v) is 5.95. The van der Waals surface area contributed by atoms with Crippen molar-refractivity contribution in [1.82, 2.24) is 14.7 Å². The molecule has 0 aliphatic carbocycles. The molecule has 1 N–H and O–H groups in total. The number of carboxylic acid groups (broad SMARTS) is 1. The van der Waals surface area contributed by atoms with E-state index in [1.807, 2.05) is 29.0 Å². The van der Waals surface area contributed by atoms with Crippen molar-refractivity contribution < 1.29 is 37.4 Å². The van der Waals surface area contributed by atoms with Crippen LogP contribution in [0.4, 0.5) is 13.2 Å². The first-order chi connectivity index (χ1) is 17.3. The van der Waals surface area contributed by atoms with Crippen LogP contribution in [0.2, 0.25) is 0 Å². The van der Waals surface area contributed by atoms with Crippen molar-refractivity contribution in [2.45, 2.75) is 38.8 Å². The third-order valence-electron chi connectivity index (χ3n) is 8.07. The van der Waals surface area contributed by atoms with Gasteiger partial charge < -0.3 is 19.6 Å². The number of carboxylic acids is 1. The number of ether oxygens (including phenoxy) is 1. The molecule has 3 aliphatic rings. The van der Waals surface area contributed by atoms with E-state index in [0.29, 0.717) is 18.9 Å². The lowest BCUT2D eigenvalue weighted by molar-refractivity contribution is -0.192. The minimum atomic E-state index is -5.08. The van der Waals surface area contributed by atoms with Crippen LogP contribution in [0.5, 0.6) is 0 Å². The van der Waals surface area contributed by atoms with Gasteiger partial charge in [0.2, 0.25) is 11.8 Å². The molecule has 0 aromatic heterocycles. The highest BCUT2D eigenvalue weighted by molar-refractivity contribution is 5.86. The maximum Gasteiger partial charge on any atom is 0.490 e. The van der Waals surface area contributed by atoms with Crippen LogP contribution in [0.15, 0.2) is 24.3 Å². The lowest BCUT2D eigenvalue weighted by Crippen LogP contribution is -2.53. The molecule has 11 heteroatoms. The Morgan fingerprint density at radius 1 is 1.05 bits per heavy atom. The van der Waals surface area contributed by atoms with Crippen molar-refractivity contribution in [2.75, 3.05) is 60.0 Å². The molecule has 0 bridgehead atoms. The van der Waals surface area contributed by atoms with Gasteiger partial charge in [-0.25, -0.2) is 4.79 Å². The predicted molar refractivity (Wildman–Crippen MR) is 130 cm³/mol. The molecule has 0 saturated carbocycles. The normalized spacial score (nSPS) is 23.5. The molecule has 1 aromatic carbocycles. The number of hydrogen-bond donors (Lipinski definition) is 1. The number of likely N-dealkylation sites (tertiary alicyclic amines) is 3. The number of nitrogens with zero attached hydrogens (tertiary/aromatic N) is 3. The summed E-state index contributed by atoms with van der Waals surface area (Å²) >= 11 is 0. The summed E-state index contributed by atoms with van der Waals surface area (Å²) in [6.07, 6.45) is -1.87. The fraction of sp³-hybridized carbons (Fsp3) is 0.654. The Morgan fingerprint density at radius 2 is 1.65 bits per heavy atom. The minimum Gasteiger partial charge on any atom is -0.475 e. The number of carbonyl (C=O) groups excluding carboxylic acids is 2. The van der Waals surface area contributed by atoms with E-state index >= 15 is 0 Å². The minimum absolute atomic E-state index is 0.0246. The number of hydrogen-bond acceptors (Lipinski definition) is 5. The molecule has 37 heavy (non-hydrogen) atoms. The monoisotopic (exact) mass is 527 g/mol. The smallest absolute Gasteiger partial charge is 0.475 e. The average Bonchev–Trinajstić information content (AvgIpc) is 3.31. The molecule has 8 nitrogen and oxygen atoms in total. The SMILES string of the molecule is COCCN1CC2(CCN(C(=O)Cc3ccc(C)cc3)CC2)C2(CCN(C)C2=O)C1.O=C(O)C(F)(F)F. The summed E-state index contributed by atoms with van der Waals surface area (Å²) < 4.78 is 37.0. The van der Waals surface area contributed by atoms with E-state index in [-0.39, 0.29) is 16.7 Å². The summed E-state index contributed by atoms with van der Waals surface area (Å²) in [6.45, 7) is 7.74. The summed E-state index contributed by atoms with van der Waals surface area (Å²) in [7, 11) is 3.66. The summed E-state index contributed by atoms with van der Waals surface area (Å²) in [5.41, 5.74) is 1.97. The van der Waals surface area contributed by atoms with Gasteiger partial charge in [-0.3, -0.25) is 14.5 Å². The Bertz CT molecular complexity index is 977. The van der Waals surface area contributed by atoms with Crippen LogP contribution in [-0.2, 0) is 25.5 Å². The number of fused-ring (bicyclic) bond motifs is 1. The van der Waals surface area contributed by atoms with E-state index in [4.69, 9.17) is 14.6 Å². The highest BCUT2D eigenvalue weighted by atomic mass is 19.4. The summed E-state index contributed by atoms with van der Waals surface area (Å²) in [4.78, 5) is 41.5. The number of aryl methyl sites for hydroxylation is 1. The standard InChI is InChI=1S/C24H35N3O3.C2HF3O2/c1-19-4-6-20(7-5-19)16-21(28)27-12-8-23(9-13-27)17-26(14-15-30-3)18-24(23)10-11-25(2)22(24)29;3-2(4,5)1(6)7/h4-7H,8-18H2,1-3H3;(H,6,7). The van der Waals surface area contributed by atoms with Crippen LogP contribution in [0.3, 0.4) is 0 Å². The van der Waals surface area contributed by atoms with Crippen LogP contribution >= 0.6 is 0 Å². The van der Waals surface area contributed by atoms with Crippen molar-refractivity contribution in [3.63, 3.8) is 0 Å². The molecule has 1 atom stereocenters. The third kappa shape index (κ3) is 6.26. The number of aliphatic carboxylic acids is 1. The van der Waals surface area contributed by atoms with Gasteiger partial charge in [0.05, 0.1) is 18.4 Å². The van der Waals surface area contributed by atoms with Gasteiger partial charge in [-0.1, -0.05) is 29.8 Å². The maximum absolute atomic E-state index is 13.3. The number of carbonyl (C=O) groups is 3. The van der Waals surface area contributed by atoms with Crippen molar-refractivity contribution in [3.8, 4) is 0 Å². The second-order valence-electron chi connectivity index (χ2n) is 10.4. The topological polar surface area (TPSA) is 90.4 Å². The molecule has 3 aliphatic heterocycles. The van der Waals surface area contributed by atoms with Gasteiger partial charge in [0.1, 0.15) is 0 Å². The molecule has 2 amide bonds. The Hall–Kier alpha value is -2.66. The number of benzene rings is 1. The fourth-order valence-electron chi connectivity index (χ4n) is 5.95. The molecule has 2 spiro atoms. The van der Waals surface area contributed by atoms with E-state index in [0.717, 1.165) is 64.1 Å². The number of alkyl halides is 3. The maximum atomic E-state index is 13.3. The van der Waals surface area contributed by atoms with Gasteiger partial charge >= 0.3 is 12.1 Å². The number of halogens is 3. The largest absolute Gasteiger partial charge is 0.490 e. The van der Waals surface area contributed by atoms with Gasteiger partial charge in [0.25, 0.3) is 0 Å². The zero-order valence-corrected chi connectivity index (χ0v) is 21.6. The third-order valence-corrected chi connectivity index (χ3v) is 8.07. The van der Waals surface area contributed by atoms with Crippen molar-refractivity contribution in [3.05, 3.63) is 35.4 Å². The van der Waals surface area contributed by atoms with Crippen LogP contribution in [0.1, 0.15) is 30.4 Å². The quantitative estimate of drug-likeness (QED) is 0.633. The summed E-state index contributed by atoms with van der Waals surface area (Å²) in [6, 6.07) is 8.22. The average molecular weight is 528 g/mol. The Balaban J connectivity index is 0.000000479. The van der Waals surface area contributed by atoms with Gasteiger partial charge in [-0.15, -0.1) is 0 Å². The lowest BCUT2D eigenvalue weighted by atomic mass is 9.60. The predicted octanol–water partition coefficient (Wildman–Crippen LogP) is 2.59. The first kappa shape index (κ1) is 28.9. The Labute approximate surface area is 215 Å². The molecular weight excluding hydrogens is 491 g/mol. The molecule has 3 saturated heterocycles. The van der Waals surface area contributed by atoms with Crippen LogP contribution < -0.4 is 0 Å². The number of amides is 2. The molecule has 3 heterocycles. The molecule has 206 valence electrons. The van der Waals surface area contributed by atoms with E-state index in [1.54, 1.807) is 7.11 Å². The zero-order chi connectivity index (χ0) is 27.4. The van der Waals surface area contributed by atoms with Gasteiger partial charge in [-0.2, -0.15) is 13.2 Å². The van der Waals surface area contributed by atoms with E-state index in [1.165, 1.54) is 5.56 Å². The van der Waals surface area contributed by atoms with Crippen LogP contribution in [-0.4, -0.2) is 104 Å². The van der Waals surface area contributed by atoms with Crippen LogP contribution in [0.25, 0.3) is 0 Å². The van der Waals surface area contributed by atoms with Gasteiger partial charge in [0.15, 0.2) is 0 Å². The number of piperidine rings is 1. The highest BCUT2D eigenvalue weighted by Crippen LogP contribution is 2.57. The first-order valence-electron chi connectivity index (χ1n) is 12.4. The molecular formula is C26H36F3N3O5.